The summed E-state index contributed by atoms with van der Waals surface area (Å²) < 4.78 is 5.34. The monoisotopic (exact) mass is 151 g/mol. The van der Waals surface area contributed by atoms with Crippen molar-refractivity contribution in [1.82, 2.24) is 5.32 Å². The largest absolute Gasteiger partial charge is 0.490 e. The van der Waals surface area contributed by atoms with Gasteiger partial charge < -0.3 is 10.1 Å². The summed E-state index contributed by atoms with van der Waals surface area (Å²) in [5.41, 5.74) is 1.02. The van der Waals surface area contributed by atoms with E-state index < -0.39 is 0 Å². The maximum absolute atomic E-state index is 5.34. The van der Waals surface area contributed by atoms with Gasteiger partial charge in [0.05, 0.1) is 5.70 Å². The van der Waals surface area contributed by atoms with Gasteiger partial charge in [-0.1, -0.05) is 12.7 Å². The molecule has 0 saturated carbocycles. The standard InChI is InChI=1S/C9H13NO/c1-3-5-8-9(4-2)11-7-6-10-8/h3-5,10H,2,6-7H2,1H3/b5-3-. The van der Waals surface area contributed by atoms with Crippen LogP contribution in [0.3, 0.4) is 0 Å². The van der Waals surface area contributed by atoms with Crippen molar-refractivity contribution >= 4 is 0 Å². The Morgan fingerprint density at radius 3 is 3.09 bits per heavy atom. The highest BCUT2D eigenvalue weighted by atomic mass is 16.5. The molecule has 0 radical (unpaired) electrons. The molecule has 11 heavy (non-hydrogen) atoms. The molecule has 1 aliphatic rings. The van der Waals surface area contributed by atoms with E-state index >= 15 is 0 Å². The van der Waals surface area contributed by atoms with Crippen molar-refractivity contribution in [3.63, 3.8) is 0 Å². The molecule has 2 heteroatoms. The number of hydrogen-bond acceptors (Lipinski definition) is 2. The summed E-state index contributed by atoms with van der Waals surface area (Å²) in [6.45, 7) is 7.23. The summed E-state index contributed by atoms with van der Waals surface area (Å²) in [5.74, 6) is 0.842. The van der Waals surface area contributed by atoms with Crippen LogP contribution in [0.5, 0.6) is 0 Å². The summed E-state index contributed by atoms with van der Waals surface area (Å²) in [6.07, 6.45) is 5.68. The number of nitrogens with one attached hydrogen (secondary N) is 1. The number of hydrogen-bond donors (Lipinski definition) is 1. The van der Waals surface area contributed by atoms with Crippen LogP contribution in [0.25, 0.3) is 0 Å². The molecule has 0 spiro atoms. The maximum atomic E-state index is 5.34. The van der Waals surface area contributed by atoms with Crippen LogP contribution in [0.4, 0.5) is 0 Å². The van der Waals surface area contributed by atoms with Gasteiger partial charge in [-0.05, 0) is 19.1 Å². The van der Waals surface area contributed by atoms with E-state index in [0.29, 0.717) is 0 Å². The Labute approximate surface area is 67.2 Å². The zero-order valence-electron chi connectivity index (χ0n) is 6.76. The predicted octanol–water partition coefficient (Wildman–Crippen LogP) is 1.58. The molecule has 60 valence electrons. The van der Waals surface area contributed by atoms with Crippen LogP contribution in [0.2, 0.25) is 0 Å². The van der Waals surface area contributed by atoms with Crippen LogP contribution in [-0.4, -0.2) is 13.2 Å². The normalized spacial score (nSPS) is 17.9. The minimum atomic E-state index is 0.725. The number of rotatable bonds is 2. The van der Waals surface area contributed by atoms with E-state index in [1.807, 2.05) is 19.1 Å². The molecule has 0 atom stereocenters. The minimum Gasteiger partial charge on any atom is -0.490 e. The third-order valence-electron chi connectivity index (χ3n) is 1.46. The lowest BCUT2D eigenvalue weighted by molar-refractivity contribution is 0.206. The van der Waals surface area contributed by atoms with E-state index in [0.717, 1.165) is 24.6 Å². The van der Waals surface area contributed by atoms with Gasteiger partial charge in [-0.15, -0.1) is 0 Å². The van der Waals surface area contributed by atoms with Crippen LogP contribution < -0.4 is 5.32 Å². The second-order valence-electron chi connectivity index (χ2n) is 2.26. The van der Waals surface area contributed by atoms with Crippen molar-refractivity contribution < 1.29 is 4.74 Å². The summed E-state index contributed by atoms with van der Waals surface area (Å²) >= 11 is 0. The van der Waals surface area contributed by atoms with Gasteiger partial charge in [-0.25, -0.2) is 0 Å². The first-order chi connectivity index (χ1) is 5.38. The second-order valence-corrected chi connectivity index (χ2v) is 2.26. The third-order valence-corrected chi connectivity index (χ3v) is 1.46. The maximum Gasteiger partial charge on any atom is 0.141 e. The lowest BCUT2D eigenvalue weighted by atomic mass is 10.3. The molecule has 1 rings (SSSR count). The van der Waals surface area contributed by atoms with Gasteiger partial charge in [0, 0.05) is 6.54 Å². The molecule has 0 aliphatic carbocycles. The van der Waals surface area contributed by atoms with E-state index in [-0.39, 0.29) is 0 Å². The first kappa shape index (κ1) is 7.92. The van der Waals surface area contributed by atoms with Gasteiger partial charge in [0.2, 0.25) is 0 Å². The molecule has 0 unspecified atom stereocenters. The van der Waals surface area contributed by atoms with Gasteiger partial charge in [-0.2, -0.15) is 0 Å². The predicted molar refractivity (Wildman–Crippen MR) is 46.0 cm³/mol. The lowest BCUT2D eigenvalue weighted by Crippen LogP contribution is -2.25. The SMILES string of the molecule is C=CC1=C(/C=C\C)NCCO1. The Morgan fingerprint density at radius 2 is 2.45 bits per heavy atom. The Hall–Kier alpha value is -1.18. The molecule has 0 aromatic carbocycles. The molecular weight excluding hydrogens is 138 g/mol. The van der Waals surface area contributed by atoms with Gasteiger partial charge in [0.25, 0.3) is 0 Å². The van der Waals surface area contributed by atoms with Crippen molar-refractivity contribution in [1.29, 1.82) is 0 Å². The highest BCUT2D eigenvalue weighted by Gasteiger charge is 2.06. The number of ether oxygens (including phenoxy) is 1. The Kier molecular flexibility index (Phi) is 2.78. The summed E-state index contributed by atoms with van der Waals surface area (Å²) in [7, 11) is 0. The van der Waals surface area contributed by atoms with Crippen molar-refractivity contribution in [2.24, 2.45) is 0 Å². The van der Waals surface area contributed by atoms with Gasteiger partial charge in [-0.3, -0.25) is 0 Å². The Morgan fingerprint density at radius 1 is 1.64 bits per heavy atom. The molecule has 1 aliphatic heterocycles. The van der Waals surface area contributed by atoms with Crippen LogP contribution in [0.15, 0.2) is 36.3 Å². The smallest absolute Gasteiger partial charge is 0.141 e. The molecule has 2 nitrogen and oxygen atoms in total. The average molecular weight is 151 g/mol. The highest BCUT2D eigenvalue weighted by molar-refractivity contribution is 5.27. The average Bonchev–Trinajstić information content (AvgIpc) is 2.06. The number of allylic oxidation sites excluding steroid dienone is 3. The summed E-state index contributed by atoms with van der Waals surface area (Å²) in [5, 5.41) is 3.22. The molecule has 0 amide bonds. The van der Waals surface area contributed by atoms with E-state index in [1.165, 1.54) is 0 Å². The molecule has 0 aromatic rings. The molecule has 1 N–H and O–H groups in total. The highest BCUT2D eigenvalue weighted by Crippen LogP contribution is 2.09. The van der Waals surface area contributed by atoms with Crippen molar-refractivity contribution in [3.05, 3.63) is 36.3 Å². The zero-order chi connectivity index (χ0) is 8.10. The third kappa shape index (κ3) is 1.87. The van der Waals surface area contributed by atoms with Crippen molar-refractivity contribution in [2.75, 3.05) is 13.2 Å². The molecule has 0 bridgehead atoms. The van der Waals surface area contributed by atoms with E-state index in [1.54, 1.807) is 6.08 Å². The minimum absolute atomic E-state index is 0.725. The van der Waals surface area contributed by atoms with Crippen LogP contribution in [0.1, 0.15) is 6.92 Å². The Bertz CT molecular complexity index is 204. The molecule has 0 fully saturated rings. The topological polar surface area (TPSA) is 21.3 Å². The molecule has 0 aromatic heterocycles. The van der Waals surface area contributed by atoms with Crippen LogP contribution in [0, 0.1) is 0 Å². The fourth-order valence-electron chi connectivity index (χ4n) is 0.988. The summed E-state index contributed by atoms with van der Waals surface area (Å²) in [6, 6.07) is 0. The second kappa shape index (κ2) is 3.86. The molecule has 1 heterocycles. The fraction of sp³-hybridized carbons (Fsp3) is 0.333. The first-order valence-electron chi connectivity index (χ1n) is 3.74. The van der Waals surface area contributed by atoms with Crippen molar-refractivity contribution in [2.45, 2.75) is 6.92 Å². The van der Waals surface area contributed by atoms with E-state index in [4.69, 9.17) is 4.74 Å². The lowest BCUT2D eigenvalue weighted by Gasteiger charge is -2.18. The van der Waals surface area contributed by atoms with Crippen LogP contribution >= 0.6 is 0 Å². The first-order valence-corrected chi connectivity index (χ1v) is 3.74. The zero-order valence-corrected chi connectivity index (χ0v) is 6.76. The Balaban J connectivity index is 2.81. The summed E-state index contributed by atoms with van der Waals surface area (Å²) in [4.78, 5) is 0. The van der Waals surface area contributed by atoms with Crippen molar-refractivity contribution in [3.8, 4) is 0 Å². The van der Waals surface area contributed by atoms with Gasteiger partial charge in [0.15, 0.2) is 0 Å². The van der Waals surface area contributed by atoms with E-state index in [2.05, 4.69) is 11.9 Å². The van der Waals surface area contributed by atoms with Gasteiger partial charge >= 0.3 is 0 Å². The molecule has 0 saturated heterocycles. The molecular formula is C9H13NO. The van der Waals surface area contributed by atoms with E-state index in [9.17, 15) is 0 Å². The fourth-order valence-corrected chi connectivity index (χ4v) is 0.988. The van der Waals surface area contributed by atoms with Crippen LogP contribution in [-0.2, 0) is 4.74 Å². The quantitative estimate of drug-likeness (QED) is 0.647. The van der Waals surface area contributed by atoms with Gasteiger partial charge in [0.1, 0.15) is 12.4 Å².